The molecule has 5 nitrogen and oxygen atoms in total. The van der Waals surface area contributed by atoms with Gasteiger partial charge in [0.2, 0.25) is 0 Å². The Hall–Kier alpha value is -1.62. The van der Waals surface area contributed by atoms with Gasteiger partial charge in [-0.3, -0.25) is 0 Å². The lowest BCUT2D eigenvalue weighted by molar-refractivity contribution is 0.490. The summed E-state index contributed by atoms with van der Waals surface area (Å²) in [4.78, 5) is 8.51. The molecule has 0 radical (unpaired) electrons. The van der Waals surface area contributed by atoms with E-state index < -0.39 is 0 Å². The van der Waals surface area contributed by atoms with E-state index in [0.717, 1.165) is 43.3 Å². The van der Waals surface area contributed by atoms with E-state index in [1.165, 1.54) is 6.42 Å². The van der Waals surface area contributed by atoms with Crippen LogP contribution in [-0.4, -0.2) is 27.6 Å². The van der Waals surface area contributed by atoms with E-state index in [-0.39, 0.29) is 0 Å². The van der Waals surface area contributed by atoms with Crippen molar-refractivity contribution in [1.29, 1.82) is 0 Å². The molecular weight excluding hydrogens is 228 g/mol. The fourth-order valence-electron chi connectivity index (χ4n) is 1.75. The predicted octanol–water partition coefficient (Wildman–Crippen LogP) is 2.01. The molecule has 5 heteroatoms. The van der Waals surface area contributed by atoms with E-state index in [9.17, 15) is 0 Å². The van der Waals surface area contributed by atoms with Gasteiger partial charge in [0, 0.05) is 19.7 Å². The number of oxazole rings is 1. The Balaban J connectivity index is 1.83. The van der Waals surface area contributed by atoms with Gasteiger partial charge in [0.1, 0.15) is 5.69 Å². The van der Waals surface area contributed by atoms with Crippen molar-refractivity contribution in [2.24, 2.45) is 7.05 Å². The van der Waals surface area contributed by atoms with Gasteiger partial charge in [0.25, 0.3) is 0 Å². The summed E-state index contributed by atoms with van der Waals surface area (Å²) in [5.74, 6) is 1.53. The summed E-state index contributed by atoms with van der Waals surface area (Å²) in [6, 6.07) is 0. The van der Waals surface area contributed by atoms with E-state index in [1.54, 1.807) is 12.5 Å². The summed E-state index contributed by atoms with van der Waals surface area (Å²) < 4.78 is 7.57. The second kappa shape index (κ2) is 6.35. The van der Waals surface area contributed by atoms with Crippen LogP contribution in [0.4, 0.5) is 0 Å². The fraction of sp³-hybridized carbons (Fsp3) is 0.538. The molecule has 0 atom stereocenters. The number of rotatable bonds is 7. The molecule has 0 aliphatic heterocycles. The van der Waals surface area contributed by atoms with Gasteiger partial charge in [-0.15, -0.1) is 0 Å². The Bertz CT molecular complexity index is 475. The third-order valence-corrected chi connectivity index (χ3v) is 2.68. The van der Waals surface area contributed by atoms with Crippen LogP contribution in [0.25, 0.3) is 11.5 Å². The maximum absolute atomic E-state index is 5.67. The lowest BCUT2D eigenvalue weighted by Gasteiger charge is -2.00. The highest BCUT2D eigenvalue weighted by Gasteiger charge is 2.08. The molecule has 0 saturated carbocycles. The number of imidazole rings is 1. The van der Waals surface area contributed by atoms with E-state index >= 15 is 0 Å². The van der Waals surface area contributed by atoms with Gasteiger partial charge in [-0.1, -0.05) is 6.92 Å². The molecule has 0 aliphatic carbocycles. The van der Waals surface area contributed by atoms with Crippen molar-refractivity contribution in [2.45, 2.75) is 26.2 Å². The SMILES string of the molecule is CCCNCCCc1ncc(-c2cn(C)cn2)o1. The van der Waals surface area contributed by atoms with Crippen LogP contribution in [0.3, 0.4) is 0 Å². The van der Waals surface area contributed by atoms with E-state index in [2.05, 4.69) is 22.2 Å². The number of aryl methyl sites for hydroxylation is 2. The van der Waals surface area contributed by atoms with Crippen molar-refractivity contribution in [3.63, 3.8) is 0 Å². The Kier molecular flexibility index (Phi) is 4.52. The van der Waals surface area contributed by atoms with E-state index in [4.69, 9.17) is 4.42 Å². The van der Waals surface area contributed by atoms with Crippen molar-refractivity contribution in [1.82, 2.24) is 19.9 Å². The van der Waals surface area contributed by atoms with Gasteiger partial charge in [-0.25, -0.2) is 9.97 Å². The van der Waals surface area contributed by atoms with Gasteiger partial charge < -0.3 is 14.3 Å². The quantitative estimate of drug-likeness (QED) is 0.761. The average Bonchev–Trinajstić information content (AvgIpc) is 2.97. The van der Waals surface area contributed by atoms with Gasteiger partial charge in [-0.2, -0.15) is 0 Å². The normalized spacial score (nSPS) is 11.0. The largest absolute Gasteiger partial charge is 0.439 e. The number of nitrogens with one attached hydrogen (secondary N) is 1. The Labute approximate surface area is 107 Å². The minimum Gasteiger partial charge on any atom is -0.439 e. The number of hydrogen-bond acceptors (Lipinski definition) is 4. The topological polar surface area (TPSA) is 55.9 Å². The van der Waals surface area contributed by atoms with Crippen LogP contribution in [0.2, 0.25) is 0 Å². The summed E-state index contributed by atoms with van der Waals surface area (Å²) in [5, 5.41) is 3.36. The first kappa shape index (κ1) is 12.8. The second-order valence-electron chi connectivity index (χ2n) is 4.40. The van der Waals surface area contributed by atoms with Crippen molar-refractivity contribution in [2.75, 3.05) is 13.1 Å². The van der Waals surface area contributed by atoms with Gasteiger partial charge >= 0.3 is 0 Å². The first-order valence-electron chi connectivity index (χ1n) is 6.43. The molecule has 2 aromatic rings. The monoisotopic (exact) mass is 248 g/mol. The van der Waals surface area contributed by atoms with Gasteiger partial charge in [0.15, 0.2) is 11.7 Å². The Morgan fingerprint density at radius 2 is 2.22 bits per heavy atom. The molecular formula is C13H20N4O. The van der Waals surface area contributed by atoms with Gasteiger partial charge in [-0.05, 0) is 25.9 Å². The molecule has 2 rings (SSSR count). The Morgan fingerprint density at radius 3 is 2.94 bits per heavy atom. The number of aromatic nitrogens is 3. The van der Waals surface area contributed by atoms with Crippen LogP contribution in [0.5, 0.6) is 0 Å². The highest BCUT2D eigenvalue weighted by molar-refractivity contribution is 5.48. The molecule has 0 spiro atoms. The molecule has 0 fully saturated rings. The highest BCUT2D eigenvalue weighted by atomic mass is 16.4. The minimum absolute atomic E-state index is 0.743. The molecule has 2 aromatic heterocycles. The van der Waals surface area contributed by atoms with Crippen LogP contribution in [-0.2, 0) is 13.5 Å². The summed E-state index contributed by atoms with van der Waals surface area (Å²) in [6.45, 7) is 4.25. The molecule has 0 aliphatic rings. The molecule has 0 amide bonds. The summed E-state index contributed by atoms with van der Waals surface area (Å²) in [5.41, 5.74) is 0.834. The molecule has 98 valence electrons. The number of hydrogen-bond donors (Lipinski definition) is 1. The lowest BCUT2D eigenvalue weighted by atomic mass is 10.3. The first-order chi connectivity index (χ1) is 8.79. The van der Waals surface area contributed by atoms with Crippen molar-refractivity contribution < 1.29 is 4.42 Å². The lowest BCUT2D eigenvalue weighted by Crippen LogP contribution is -2.16. The van der Waals surface area contributed by atoms with Gasteiger partial charge in [0.05, 0.1) is 12.5 Å². The summed E-state index contributed by atoms with van der Waals surface area (Å²) in [7, 11) is 1.94. The maximum atomic E-state index is 5.67. The highest BCUT2D eigenvalue weighted by Crippen LogP contribution is 2.18. The molecule has 0 saturated heterocycles. The molecule has 1 N–H and O–H groups in total. The third kappa shape index (κ3) is 3.43. The van der Waals surface area contributed by atoms with Crippen molar-refractivity contribution in [3.05, 3.63) is 24.6 Å². The third-order valence-electron chi connectivity index (χ3n) is 2.68. The van der Waals surface area contributed by atoms with Crippen LogP contribution >= 0.6 is 0 Å². The Morgan fingerprint density at radius 1 is 1.33 bits per heavy atom. The molecule has 0 unspecified atom stereocenters. The smallest absolute Gasteiger partial charge is 0.195 e. The van der Waals surface area contributed by atoms with Crippen LogP contribution < -0.4 is 5.32 Å². The van der Waals surface area contributed by atoms with Crippen LogP contribution in [0, 0.1) is 0 Å². The van der Waals surface area contributed by atoms with E-state index in [1.807, 2.05) is 17.8 Å². The van der Waals surface area contributed by atoms with Crippen LogP contribution in [0.1, 0.15) is 25.7 Å². The predicted molar refractivity (Wildman–Crippen MR) is 70.2 cm³/mol. The zero-order valence-electron chi connectivity index (χ0n) is 11.0. The second-order valence-corrected chi connectivity index (χ2v) is 4.40. The minimum atomic E-state index is 0.743. The number of nitrogens with zero attached hydrogens (tertiary/aromatic N) is 3. The summed E-state index contributed by atoms with van der Waals surface area (Å²) >= 11 is 0. The molecule has 0 bridgehead atoms. The fourth-order valence-corrected chi connectivity index (χ4v) is 1.75. The summed E-state index contributed by atoms with van der Waals surface area (Å²) in [6.07, 6.45) is 8.50. The zero-order valence-corrected chi connectivity index (χ0v) is 11.0. The van der Waals surface area contributed by atoms with E-state index in [0.29, 0.717) is 0 Å². The maximum Gasteiger partial charge on any atom is 0.195 e. The average molecular weight is 248 g/mol. The molecule has 18 heavy (non-hydrogen) atoms. The molecule has 2 heterocycles. The van der Waals surface area contributed by atoms with Crippen molar-refractivity contribution >= 4 is 0 Å². The van der Waals surface area contributed by atoms with Crippen molar-refractivity contribution in [3.8, 4) is 11.5 Å². The molecule has 0 aromatic carbocycles. The zero-order chi connectivity index (χ0) is 12.8. The standard InChI is InChI=1S/C13H20N4O/c1-3-6-14-7-4-5-13-15-8-12(18-13)11-9-17(2)10-16-11/h8-10,14H,3-7H2,1-2H3. The van der Waals surface area contributed by atoms with Crippen LogP contribution in [0.15, 0.2) is 23.1 Å². The first-order valence-corrected chi connectivity index (χ1v) is 6.43.